The average molecular weight is 305 g/mol. The second kappa shape index (κ2) is 8.51. The van der Waals surface area contributed by atoms with Gasteiger partial charge in [0.15, 0.2) is 17.5 Å². The highest BCUT2D eigenvalue weighted by Crippen LogP contribution is 2.32. The first-order valence-corrected chi connectivity index (χ1v) is 8.09. The molecule has 5 nitrogen and oxygen atoms in total. The summed E-state index contributed by atoms with van der Waals surface area (Å²) in [5.41, 5.74) is 1.23. The number of benzene rings is 1. The number of guanidine groups is 1. The van der Waals surface area contributed by atoms with Gasteiger partial charge in [0, 0.05) is 19.6 Å². The zero-order valence-corrected chi connectivity index (χ0v) is 13.8. The van der Waals surface area contributed by atoms with E-state index in [4.69, 9.17) is 9.47 Å². The third kappa shape index (κ3) is 5.13. The van der Waals surface area contributed by atoms with Gasteiger partial charge in [-0.3, -0.25) is 4.99 Å². The maximum atomic E-state index is 5.40. The molecule has 0 fully saturated rings. The van der Waals surface area contributed by atoms with Crippen LogP contribution in [-0.4, -0.2) is 32.4 Å². The van der Waals surface area contributed by atoms with Crippen LogP contribution < -0.4 is 20.1 Å². The lowest BCUT2D eigenvalue weighted by Crippen LogP contribution is -2.38. The Morgan fingerprint density at radius 2 is 2.05 bits per heavy atom. The lowest BCUT2D eigenvalue weighted by atomic mass is 10.1. The predicted molar refractivity (Wildman–Crippen MR) is 89.7 cm³/mol. The molecule has 1 aromatic carbocycles. The Balaban J connectivity index is 1.79. The maximum absolute atomic E-state index is 5.40. The Labute approximate surface area is 133 Å². The summed E-state index contributed by atoms with van der Waals surface area (Å²) >= 11 is 0. The molecule has 22 heavy (non-hydrogen) atoms. The first kappa shape index (κ1) is 16.5. The first-order chi connectivity index (χ1) is 10.7. The van der Waals surface area contributed by atoms with Gasteiger partial charge in [-0.15, -0.1) is 0 Å². The number of hydrogen-bond acceptors (Lipinski definition) is 3. The van der Waals surface area contributed by atoms with Crippen molar-refractivity contribution in [1.29, 1.82) is 0 Å². The van der Waals surface area contributed by atoms with Crippen molar-refractivity contribution in [2.75, 3.05) is 26.4 Å². The van der Waals surface area contributed by atoms with E-state index in [9.17, 15) is 0 Å². The molecule has 0 bridgehead atoms. The summed E-state index contributed by atoms with van der Waals surface area (Å²) in [5.74, 6) is 3.25. The Bertz CT molecular complexity index is 501. The molecule has 0 saturated carbocycles. The fourth-order valence-electron chi connectivity index (χ4n) is 2.20. The number of nitrogens with one attached hydrogen (secondary N) is 2. The van der Waals surface area contributed by atoms with E-state index in [1.165, 1.54) is 5.56 Å². The number of ether oxygens (including phenoxy) is 2. The van der Waals surface area contributed by atoms with Crippen LogP contribution in [0.15, 0.2) is 23.2 Å². The predicted octanol–water partition coefficient (Wildman–Crippen LogP) is 2.56. The van der Waals surface area contributed by atoms with Crippen molar-refractivity contribution in [2.24, 2.45) is 10.9 Å². The van der Waals surface area contributed by atoms with E-state index in [0.717, 1.165) is 49.9 Å². The monoisotopic (exact) mass is 305 g/mol. The van der Waals surface area contributed by atoms with E-state index in [-0.39, 0.29) is 0 Å². The Morgan fingerprint density at radius 1 is 1.23 bits per heavy atom. The van der Waals surface area contributed by atoms with Gasteiger partial charge in [-0.2, -0.15) is 0 Å². The molecule has 2 rings (SSSR count). The number of fused-ring (bicyclic) bond motifs is 1. The standard InChI is InChI=1S/C17H27N3O2/c1-4-18-17(19-9-7-13(2)3)20-10-8-14-5-6-15-16(11-14)22-12-21-15/h5-6,11,13H,4,7-10,12H2,1-3H3,(H2,18,19,20). The van der Waals surface area contributed by atoms with Gasteiger partial charge in [-0.05, 0) is 43.4 Å². The fourth-order valence-corrected chi connectivity index (χ4v) is 2.20. The van der Waals surface area contributed by atoms with Crippen molar-refractivity contribution in [3.8, 4) is 11.5 Å². The molecule has 0 atom stereocenters. The summed E-state index contributed by atoms with van der Waals surface area (Å²) in [6, 6.07) is 6.10. The van der Waals surface area contributed by atoms with Gasteiger partial charge in [-0.1, -0.05) is 19.9 Å². The van der Waals surface area contributed by atoms with Crippen LogP contribution in [0, 0.1) is 5.92 Å². The van der Waals surface area contributed by atoms with Crippen molar-refractivity contribution >= 4 is 5.96 Å². The van der Waals surface area contributed by atoms with Crippen molar-refractivity contribution < 1.29 is 9.47 Å². The summed E-state index contributed by atoms with van der Waals surface area (Å²) < 4.78 is 10.7. The molecule has 0 spiro atoms. The summed E-state index contributed by atoms with van der Waals surface area (Å²) in [4.78, 5) is 4.59. The van der Waals surface area contributed by atoms with Crippen LogP contribution in [0.25, 0.3) is 0 Å². The lowest BCUT2D eigenvalue weighted by Gasteiger charge is -2.12. The molecule has 122 valence electrons. The third-order valence-electron chi connectivity index (χ3n) is 3.46. The molecule has 0 unspecified atom stereocenters. The highest BCUT2D eigenvalue weighted by molar-refractivity contribution is 5.79. The van der Waals surface area contributed by atoms with Gasteiger partial charge in [-0.25, -0.2) is 0 Å². The van der Waals surface area contributed by atoms with E-state index in [1.807, 2.05) is 12.1 Å². The minimum Gasteiger partial charge on any atom is -0.454 e. The SMILES string of the molecule is CCNC(=NCCC(C)C)NCCc1ccc2c(c1)OCO2. The molecular formula is C17H27N3O2. The number of rotatable bonds is 7. The quantitative estimate of drug-likeness (QED) is 0.600. The second-order valence-corrected chi connectivity index (χ2v) is 5.81. The minimum atomic E-state index is 0.324. The molecule has 0 aromatic heterocycles. The molecule has 0 radical (unpaired) electrons. The van der Waals surface area contributed by atoms with Crippen molar-refractivity contribution in [2.45, 2.75) is 33.6 Å². The van der Waals surface area contributed by atoms with E-state index in [2.05, 4.69) is 42.5 Å². The smallest absolute Gasteiger partial charge is 0.231 e. The van der Waals surface area contributed by atoms with Gasteiger partial charge >= 0.3 is 0 Å². The van der Waals surface area contributed by atoms with Crippen LogP contribution in [0.3, 0.4) is 0 Å². The zero-order chi connectivity index (χ0) is 15.8. The van der Waals surface area contributed by atoms with Gasteiger partial charge in [0.2, 0.25) is 6.79 Å². The molecule has 0 saturated heterocycles. The summed E-state index contributed by atoms with van der Waals surface area (Å²) in [5, 5.41) is 6.66. The maximum Gasteiger partial charge on any atom is 0.231 e. The highest BCUT2D eigenvalue weighted by Gasteiger charge is 2.12. The third-order valence-corrected chi connectivity index (χ3v) is 3.46. The fraction of sp³-hybridized carbons (Fsp3) is 0.588. The lowest BCUT2D eigenvalue weighted by molar-refractivity contribution is 0.174. The molecule has 1 aliphatic rings. The molecule has 1 aromatic rings. The van der Waals surface area contributed by atoms with Crippen LogP contribution in [0.5, 0.6) is 11.5 Å². The zero-order valence-electron chi connectivity index (χ0n) is 13.8. The molecule has 5 heteroatoms. The van der Waals surface area contributed by atoms with Crippen LogP contribution in [-0.2, 0) is 6.42 Å². The van der Waals surface area contributed by atoms with Gasteiger partial charge < -0.3 is 20.1 Å². The topological polar surface area (TPSA) is 54.9 Å². The van der Waals surface area contributed by atoms with Crippen molar-refractivity contribution in [1.82, 2.24) is 10.6 Å². The first-order valence-electron chi connectivity index (χ1n) is 8.09. The Morgan fingerprint density at radius 3 is 2.82 bits per heavy atom. The minimum absolute atomic E-state index is 0.324. The molecule has 1 heterocycles. The van der Waals surface area contributed by atoms with Crippen LogP contribution in [0.4, 0.5) is 0 Å². The van der Waals surface area contributed by atoms with Crippen LogP contribution in [0.2, 0.25) is 0 Å². The molecule has 1 aliphatic heterocycles. The van der Waals surface area contributed by atoms with E-state index in [0.29, 0.717) is 12.7 Å². The largest absolute Gasteiger partial charge is 0.454 e. The average Bonchev–Trinajstić information content (AvgIpc) is 2.94. The van der Waals surface area contributed by atoms with E-state index in [1.54, 1.807) is 0 Å². The van der Waals surface area contributed by atoms with Gasteiger partial charge in [0.25, 0.3) is 0 Å². The number of hydrogen-bond donors (Lipinski definition) is 2. The van der Waals surface area contributed by atoms with Crippen molar-refractivity contribution in [3.05, 3.63) is 23.8 Å². The van der Waals surface area contributed by atoms with Gasteiger partial charge in [0.1, 0.15) is 0 Å². The number of nitrogens with zero attached hydrogens (tertiary/aromatic N) is 1. The summed E-state index contributed by atoms with van der Waals surface area (Å²) in [7, 11) is 0. The molecule has 0 amide bonds. The molecule has 2 N–H and O–H groups in total. The Hall–Kier alpha value is -1.91. The van der Waals surface area contributed by atoms with Crippen molar-refractivity contribution in [3.63, 3.8) is 0 Å². The molecular weight excluding hydrogens is 278 g/mol. The summed E-state index contributed by atoms with van der Waals surface area (Å²) in [6.45, 7) is 9.41. The normalized spacial score (nSPS) is 13.5. The highest BCUT2D eigenvalue weighted by atomic mass is 16.7. The van der Waals surface area contributed by atoms with Crippen LogP contribution in [0.1, 0.15) is 32.8 Å². The van der Waals surface area contributed by atoms with E-state index >= 15 is 0 Å². The van der Waals surface area contributed by atoms with E-state index < -0.39 is 0 Å². The molecule has 0 aliphatic carbocycles. The number of aliphatic imine (C=N–C) groups is 1. The second-order valence-electron chi connectivity index (χ2n) is 5.81. The Kier molecular flexibility index (Phi) is 6.37. The van der Waals surface area contributed by atoms with Crippen LogP contribution >= 0.6 is 0 Å². The summed E-state index contributed by atoms with van der Waals surface area (Å²) in [6.07, 6.45) is 2.03. The van der Waals surface area contributed by atoms with Gasteiger partial charge in [0.05, 0.1) is 0 Å².